The van der Waals surface area contributed by atoms with Gasteiger partial charge in [0.15, 0.2) is 0 Å². The van der Waals surface area contributed by atoms with Crippen LogP contribution in [0, 0.1) is 0 Å². The highest BCUT2D eigenvalue weighted by Crippen LogP contribution is 2.33. The van der Waals surface area contributed by atoms with E-state index in [1.54, 1.807) is 18.7 Å². The molecule has 4 nitrogen and oxygen atoms in total. The monoisotopic (exact) mass is 277 g/mol. The maximum Gasteiger partial charge on any atom is 0.414 e. The lowest BCUT2D eigenvalue weighted by Gasteiger charge is -2.25. The molecule has 1 aromatic rings. The van der Waals surface area contributed by atoms with Gasteiger partial charge in [-0.2, -0.15) is 0 Å². The molecule has 1 aromatic carbocycles. The summed E-state index contributed by atoms with van der Waals surface area (Å²) in [6.07, 6.45) is 0.477. The van der Waals surface area contributed by atoms with Gasteiger partial charge in [0.05, 0.1) is 11.3 Å². The lowest BCUT2D eigenvalue weighted by atomic mass is 9.96. The highest BCUT2D eigenvalue weighted by molar-refractivity contribution is 5.90. The van der Waals surface area contributed by atoms with Crippen LogP contribution in [0.15, 0.2) is 18.2 Å². The molecule has 1 heterocycles. The van der Waals surface area contributed by atoms with E-state index in [4.69, 9.17) is 4.74 Å². The summed E-state index contributed by atoms with van der Waals surface area (Å²) in [6.45, 7) is 9.72. The Kier molecular flexibility index (Phi) is 3.54. The minimum absolute atomic E-state index is 0.313. The molecule has 1 aliphatic rings. The minimum Gasteiger partial charge on any atom is -0.443 e. The molecule has 20 heavy (non-hydrogen) atoms. The predicted molar refractivity (Wildman–Crippen MR) is 79.0 cm³/mol. The van der Waals surface area contributed by atoms with Crippen molar-refractivity contribution in [2.24, 2.45) is 0 Å². The lowest BCUT2D eigenvalue weighted by molar-refractivity contribution is 0.0584. The van der Waals surface area contributed by atoms with Crippen LogP contribution >= 0.6 is 0 Å². The van der Waals surface area contributed by atoms with E-state index in [-0.39, 0.29) is 6.09 Å². The van der Waals surface area contributed by atoms with Gasteiger partial charge in [-0.25, -0.2) is 4.79 Å². The molecule has 2 rings (SSSR count). The van der Waals surface area contributed by atoms with E-state index in [2.05, 4.69) is 0 Å². The maximum absolute atomic E-state index is 12.2. The van der Waals surface area contributed by atoms with E-state index in [1.807, 2.05) is 39.0 Å². The van der Waals surface area contributed by atoms with E-state index in [9.17, 15) is 9.90 Å². The van der Waals surface area contributed by atoms with Crippen molar-refractivity contribution in [2.45, 2.75) is 52.2 Å². The summed E-state index contributed by atoms with van der Waals surface area (Å²) in [4.78, 5) is 13.8. The Morgan fingerprint density at radius 3 is 2.45 bits per heavy atom. The van der Waals surface area contributed by atoms with Crippen molar-refractivity contribution in [3.63, 3.8) is 0 Å². The first-order valence-corrected chi connectivity index (χ1v) is 6.94. The van der Waals surface area contributed by atoms with Crippen LogP contribution in [0.5, 0.6) is 0 Å². The average molecular weight is 277 g/mol. The fraction of sp³-hybridized carbons (Fsp3) is 0.562. The van der Waals surface area contributed by atoms with Crippen molar-refractivity contribution in [3.05, 3.63) is 29.3 Å². The second kappa shape index (κ2) is 4.77. The average Bonchev–Trinajstić information content (AvgIpc) is 2.67. The number of amides is 1. The molecule has 110 valence electrons. The van der Waals surface area contributed by atoms with Crippen molar-refractivity contribution < 1.29 is 14.6 Å². The number of carbonyl (C=O) groups excluding carboxylic acids is 1. The van der Waals surface area contributed by atoms with Gasteiger partial charge in [-0.1, -0.05) is 12.1 Å². The van der Waals surface area contributed by atoms with Crippen molar-refractivity contribution in [3.8, 4) is 0 Å². The van der Waals surface area contributed by atoms with Gasteiger partial charge in [0.1, 0.15) is 5.60 Å². The molecule has 1 aliphatic heterocycles. The number of carbonyl (C=O) groups is 1. The van der Waals surface area contributed by atoms with Crippen molar-refractivity contribution in [1.82, 2.24) is 0 Å². The number of anilines is 1. The number of ether oxygens (including phenoxy) is 1. The number of benzene rings is 1. The van der Waals surface area contributed by atoms with Gasteiger partial charge in [-0.15, -0.1) is 0 Å². The topological polar surface area (TPSA) is 49.8 Å². The smallest absolute Gasteiger partial charge is 0.414 e. The van der Waals surface area contributed by atoms with Crippen LogP contribution in [-0.4, -0.2) is 23.3 Å². The van der Waals surface area contributed by atoms with Crippen LogP contribution in [0.2, 0.25) is 0 Å². The number of nitrogens with zero attached hydrogens (tertiary/aromatic N) is 1. The third kappa shape index (κ3) is 3.12. The molecule has 0 aromatic heterocycles. The summed E-state index contributed by atoms with van der Waals surface area (Å²) in [5.41, 5.74) is 1.46. The minimum atomic E-state index is -0.867. The molecule has 0 saturated carbocycles. The van der Waals surface area contributed by atoms with Gasteiger partial charge in [-0.05, 0) is 58.2 Å². The Morgan fingerprint density at radius 2 is 1.90 bits per heavy atom. The Morgan fingerprint density at radius 1 is 1.25 bits per heavy atom. The van der Waals surface area contributed by atoms with Crippen LogP contribution in [0.4, 0.5) is 10.5 Å². The zero-order chi connectivity index (χ0) is 15.1. The highest BCUT2D eigenvalue weighted by atomic mass is 16.6. The normalized spacial score (nSPS) is 15.2. The fourth-order valence-corrected chi connectivity index (χ4v) is 2.29. The van der Waals surface area contributed by atoms with E-state index in [1.165, 1.54) is 0 Å². The largest absolute Gasteiger partial charge is 0.443 e. The molecule has 0 fully saturated rings. The molecule has 0 atom stereocenters. The molecular formula is C16H23NO3. The van der Waals surface area contributed by atoms with Crippen LogP contribution in [0.3, 0.4) is 0 Å². The summed E-state index contributed by atoms with van der Waals surface area (Å²) in [5.74, 6) is 0. The van der Waals surface area contributed by atoms with Crippen LogP contribution in [0.1, 0.15) is 45.7 Å². The summed E-state index contributed by atoms with van der Waals surface area (Å²) in [7, 11) is 0. The molecule has 0 saturated heterocycles. The molecule has 4 heteroatoms. The third-order valence-electron chi connectivity index (χ3n) is 3.30. The third-order valence-corrected chi connectivity index (χ3v) is 3.30. The summed E-state index contributed by atoms with van der Waals surface area (Å²) in [5, 5.41) is 10.0. The van der Waals surface area contributed by atoms with Crippen LogP contribution < -0.4 is 4.90 Å². The van der Waals surface area contributed by atoms with Gasteiger partial charge >= 0.3 is 6.09 Å². The summed E-state index contributed by atoms with van der Waals surface area (Å²) < 4.78 is 5.41. The highest BCUT2D eigenvalue weighted by Gasteiger charge is 2.30. The van der Waals surface area contributed by atoms with Gasteiger partial charge in [0.25, 0.3) is 0 Å². The van der Waals surface area contributed by atoms with Gasteiger partial charge in [0.2, 0.25) is 0 Å². The first-order valence-electron chi connectivity index (χ1n) is 6.94. The molecule has 1 amide bonds. The standard InChI is InChI=1S/C16H23NO3/c1-15(2,3)20-14(18)17-9-8-11-10-12(16(4,5)19)6-7-13(11)17/h6-7,10,19H,8-9H2,1-5H3. The van der Waals surface area contributed by atoms with Crippen molar-refractivity contribution >= 4 is 11.8 Å². The molecule has 0 spiro atoms. The first kappa shape index (κ1) is 14.9. The zero-order valence-corrected chi connectivity index (χ0v) is 12.9. The van der Waals surface area contributed by atoms with Gasteiger partial charge in [-0.3, -0.25) is 4.90 Å². The van der Waals surface area contributed by atoms with E-state index in [0.717, 1.165) is 23.2 Å². The second-order valence-corrected chi connectivity index (χ2v) is 6.78. The first-order chi connectivity index (χ1) is 9.08. The van der Waals surface area contributed by atoms with Crippen molar-refractivity contribution in [2.75, 3.05) is 11.4 Å². The number of aliphatic hydroxyl groups is 1. The van der Waals surface area contributed by atoms with E-state index in [0.29, 0.717) is 6.54 Å². The molecule has 0 aliphatic carbocycles. The van der Waals surface area contributed by atoms with Crippen LogP contribution in [-0.2, 0) is 16.8 Å². The lowest BCUT2D eigenvalue weighted by Crippen LogP contribution is -2.35. The predicted octanol–water partition coefficient (Wildman–Crippen LogP) is 3.21. The molecule has 0 bridgehead atoms. The Balaban J connectivity index is 2.24. The van der Waals surface area contributed by atoms with Crippen molar-refractivity contribution in [1.29, 1.82) is 0 Å². The van der Waals surface area contributed by atoms with E-state index >= 15 is 0 Å². The zero-order valence-electron chi connectivity index (χ0n) is 12.9. The number of fused-ring (bicyclic) bond motifs is 1. The molecular weight excluding hydrogens is 254 g/mol. The number of hydrogen-bond acceptors (Lipinski definition) is 3. The van der Waals surface area contributed by atoms with Gasteiger partial charge < -0.3 is 9.84 Å². The van der Waals surface area contributed by atoms with E-state index < -0.39 is 11.2 Å². The van der Waals surface area contributed by atoms with Crippen LogP contribution in [0.25, 0.3) is 0 Å². The number of hydrogen-bond donors (Lipinski definition) is 1. The second-order valence-electron chi connectivity index (χ2n) is 6.78. The Labute approximate surface area is 120 Å². The Hall–Kier alpha value is -1.55. The Bertz CT molecular complexity index is 524. The summed E-state index contributed by atoms with van der Waals surface area (Å²) >= 11 is 0. The molecule has 0 unspecified atom stereocenters. The number of rotatable bonds is 1. The SMILES string of the molecule is CC(C)(C)OC(=O)N1CCc2cc(C(C)(C)O)ccc21. The van der Waals surface area contributed by atoms with Gasteiger partial charge in [0, 0.05) is 6.54 Å². The fourth-order valence-electron chi connectivity index (χ4n) is 2.29. The quantitative estimate of drug-likeness (QED) is 0.857. The molecule has 1 N–H and O–H groups in total. The maximum atomic E-state index is 12.2. The summed E-state index contributed by atoms with van der Waals surface area (Å²) in [6, 6.07) is 5.72. The molecule has 0 radical (unpaired) electrons.